The Morgan fingerprint density at radius 2 is 2.05 bits per heavy atom. The van der Waals surface area contributed by atoms with Gasteiger partial charge < -0.3 is 4.42 Å². The summed E-state index contributed by atoms with van der Waals surface area (Å²) in [6.45, 7) is 1.67. The molecule has 1 aliphatic rings. The van der Waals surface area contributed by atoms with E-state index in [1.807, 2.05) is 5.43 Å². The van der Waals surface area contributed by atoms with Crippen LogP contribution >= 0.6 is 0 Å². The number of nitrogens with two attached hydrogens (primary N) is 1. The summed E-state index contributed by atoms with van der Waals surface area (Å²) in [5, 5.41) is 0. The third-order valence-corrected chi connectivity index (χ3v) is 3.04. The fourth-order valence-corrected chi connectivity index (χ4v) is 2.06. The van der Waals surface area contributed by atoms with Crippen LogP contribution in [0.5, 0.6) is 0 Å². The number of nitrogen functional groups attached to an aromatic ring is 1. The number of hydrogen-bond donors (Lipinski definition) is 2. The van der Waals surface area contributed by atoms with Crippen molar-refractivity contribution in [2.24, 2.45) is 5.84 Å². The molecule has 1 aliphatic heterocycles. The van der Waals surface area contributed by atoms with E-state index in [4.69, 9.17) is 10.3 Å². The molecule has 0 bridgehead atoms. The van der Waals surface area contributed by atoms with Crippen LogP contribution in [0.15, 0.2) is 10.5 Å². The first-order valence-corrected chi connectivity index (χ1v) is 5.96. The van der Waals surface area contributed by atoms with Crippen molar-refractivity contribution in [1.29, 1.82) is 0 Å². The van der Waals surface area contributed by atoms with Crippen molar-refractivity contribution in [3.8, 4) is 0 Å². The average molecular weight is 265 g/mol. The number of amides is 3. The van der Waals surface area contributed by atoms with E-state index in [-0.39, 0.29) is 18.4 Å². The Morgan fingerprint density at radius 3 is 2.63 bits per heavy atom. The lowest BCUT2D eigenvalue weighted by Crippen LogP contribution is -2.39. The largest absolute Gasteiger partial charge is 0.464 e. The standard InChI is InChI=1S/C12H15N3O4/c1-7-9(12(18)14-13)5-8(19-7)6-15-10(16)3-2-4-11(15)17/h5H,2-4,6,13H2,1H3,(H,14,18). The topological polar surface area (TPSA) is 106 Å². The summed E-state index contributed by atoms with van der Waals surface area (Å²) in [5.41, 5.74) is 2.31. The number of furan rings is 1. The third-order valence-electron chi connectivity index (χ3n) is 3.04. The molecular formula is C12H15N3O4. The zero-order chi connectivity index (χ0) is 14.0. The molecule has 3 amide bonds. The van der Waals surface area contributed by atoms with Crippen LogP contribution in [0.2, 0.25) is 0 Å². The number of hydrazine groups is 1. The molecule has 0 radical (unpaired) electrons. The Bertz CT molecular complexity index is 519. The van der Waals surface area contributed by atoms with Crippen molar-refractivity contribution < 1.29 is 18.8 Å². The van der Waals surface area contributed by atoms with Gasteiger partial charge >= 0.3 is 0 Å². The fourth-order valence-electron chi connectivity index (χ4n) is 2.06. The van der Waals surface area contributed by atoms with Crippen molar-refractivity contribution in [2.75, 3.05) is 0 Å². The zero-order valence-electron chi connectivity index (χ0n) is 10.6. The second kappa shape index (κ2) is 5.23. The molecule has 19 heavy (non-hydrogen) atoms. The SMILES string of the molecule is Cc1oc(CN2C(=O)CCCC2=O)cc1C(=O)NN. The molecule has 2 rings (SSSR count). The highest BCUT2D eigenvalue weighted by Gasteiger charge is 2.27. The predicted molar refractivity (Wildman–Crippen MR) is 64.5 cm³/mol. The van der Waals surface area contributed by atoms with Gasteiger partial charge in [-0.25, -0.2) is 5.84 Å². The van der Waals surface area contributed by atoms with Crippen LogP contribution in [0.4, 0.5) is 0 Å². The van der Waals surface area contributed by atoms with Crippen LogP contribution < -0.4 is 11.3 Å². The van der Waals surface area contributed by atoms with E-state index in [0.29, 0.717) is 36.3 Å². The highest BCUT2D eigenvalue weighted by Crippen LogP contribution is 2.20. The van der Waals surface area contributed by atoms with E-state index in [1.54, 1.807) is 6.92 Å². The van der Waals surface area contributed by atoms with Crippen molar-refractivity contribution >= 4 is 17.7 Å². The van der Waals surface area contributed by atoms with E-state index in [0.717, 1.165) is 4.90 Å². The highest BCUT2D eigenvalue weighted by molar-refractivity contribution is 5.97. The Morgan fingerprint density at radius 1 is 1.42 bits per heavy atom. The molecule has 1 fully saturated rings. The highest BCUT2D eigenvalue weighted by atomic mass is 16.3. The summed E-state index contributed by atoms with van der Waals surface area (Å²) in [7, 11) is 0. The van der Waals surface area contributed by atoms with Crippen LogP contribution in [0.3, 0.4) is 0 Å². The van der Waals surface area contributed by atoms with Crippen LogP contribution in [0, 0.1) is 6.92 Å². The van der Waals surface area contributed by atoms with Gasteiger partial charge in [0.1, 0.15) is 11.5 Å². The number of imide groups is 1. The number of carbonyl (C=O) groups is 3. The lowest BCUT2D eigenvalue weighted by Gasteiger charge is -2.23. The van der Waals surface area contributed by atoms with E-state index in [9.17, 15) is 14.4 Å². The number of aryl methyl sites for hydroxylation is 1. The summed E-state index contributed by atoms with van der Waals surface area (Å²) in [5.74, 6) is 4.94. The number of carbonyl (C=O) groups excluding carboxylic acids is 3. The molecule has 0 spiro atoms. The van der Waals surface area contributed by atoms with Gasteiger partial charge in [0, 0.05) is 12.8 Å². The number of nitrogens with one attached hydrogen (secondary N) is 1. The number of hydrogen-bond acceptors (Lipinski definition) is 5. The minimum atomic E-state index is -0.469. The van der Waals surface area contributed by atoms with Crippen LogP contribution in [-0.4, -0.2) is 22.6 Å². The van der Waals surface area contributed by atoms with E-state index in [2.05, 4.69) is 0 Å². The smallest absolute Gasteiger partial charge is 0.268 e. The summed E-state index contributed by atoms with van der Waals surface area (Å²) in [4.78, 5) is 35.9. The van der Waals surface area contributed by atoms with Crippen molar-refractivity contribution in [1.82, 2.24) is 10.3 Å². The molecule has 2 heterocycles. The molecule has 3 N–H and O–H groups in total. The lowest BCUT2D eigenvalue weighted by atomic mass is 10.1. The molecular weight excluding hydrogens is 250 g/mol. The summed E-state index contributed by atoms with van der Waals surface area (Å²) in [6.07, 6.45) is 1.31. The first-order chi connectivity index (χ1) is 9.02. The zero-order valence-corrected chi connectivity index (χ0v) is 10.6. The normalized spacial score (nSPS) is 15.8. The average Bonchev–Trinajstić information content (AvgIpc) is 2.74. The monoisotopic (exact) mass is 265 g/mol. The van der Waals surface area contributed by atoms with Gasteiger partial charge in [0.05, 0.1) is 12.1 Å². The Labute approximate surface area is 109 Å². The van der Waals surface area contributed by atoms with Crippen LogP contribution in [0.25, 0.3) is 0 Å². The second-order valence-corrected chi connectivity index (χ2v) is 4.38. The third kappa shape index (κ3) is 2.65. The summed E-state index contributed by atoms with van der Waals surface area (Å²) < 4.78 is 5.37. The molecule has 0 aromatic carbocycles. The molecule has 1 aromatic rings. The number of piperidine rings is 1. The van der Waals surface area contributed by atoms with Gasteiger partial charge in [0.25, 0.3) is 5.91 Å². The maximum atomic E-state index is 11.7. The van der Waals surface area contributed by atoms with Crippen LogP contribution in [-0.2, 0) is 16.1 Å². The van der Waals surface area contributed by atoms with E-state index in [1.165, 1.54) is 6.07 Å². The summed E-state index contributed by atoms with van der Waals surface area (Å²) in [6, 6.07) is 1.49. The number of rotatable bonds is 3. The Kier molecular flexibility index (Phi) is 3.66. The van der Waals surface area contributed by atoms with Gasteiger partial charge in [-0.15, -0.1) is 0 Å². The minimum Gasteiger partial charge on any atom is -0.464 e. The Hall–Kier alpha value is -2.15. The minimum absolute atomic E-state index is 0.0519. The molecule has 0 atom stereocenters. The number of likely N-dealkylation sites (tertiary alicyclic amines) is 1. The second-order valence-electron chi connectivity index (χ2n) is 4.38. The fraction of sp³-hybridized carbons (Fsp3) is 0.417. The molecule has 1 saturated heterocycles. The van der Waals surface area contributed by atoms with Gasteiger partial charge in [0.15, 0.2) is 0 Å². The van der Waals surface area contributed by atoms with Crippen molar-refractivity contribution in [3.63, 3.8) is 0 Å². The lowest BCUT2D eigenvalue weighted by molar-refractivity contribution is -0.149. The first-order valence-electron chi connectivity index (χ1n) is 5.96. The van der Waals surface area contributed by atoms with E-state index < -0.39 is 5.91 Å². The molecule has 102 valence electrons. The van der Waals surface area contributed by atoms with Gasteiger partial charge in [-0.2, -0.15) is 0 Å². The first kappa shape index (κ1) is 13.3. The van der Waals surface area contributed by atoms with Crippen LogP contribution in [0.1, 0.15) is 41.1 Å². The van der Waals surface area contributed by atoms with Gasteiger partial charge in [0.2, 0.25) is 11.8 Å². The van der Waals surface area contributed by atoms with Crippen molar-refractivity contribution in [3.05, 3.63) is 23.2 Å². The molecule has 7 nitrogen and oxygen atoms in total. The molecule has 0 aliphatic carbocycles. The predicted octanol–water partition coefficient (Wildman–Crippen LogP) is 0.231. The van der Waals surface area contributed by atoms with E-state index >= 15 is 0 Å². The maximum Gasteiger partial charge on any atom is 0.268 e. The summed E-state index contributed by atoms with van der Waals surface area (Å²) >= 11 is 0. The van der Waals surface area contributed by atoms with Gasteiger partial charge in [-0.1, -0.05) is 0 Å². The molecule has 7 heteroatoms. The van der Waals surface area contributed by atoms with Gasteiger partial charge in [-0.3, -0.25) is 24.7 Å². The Balaban J connectivity index is 2.17. The van der Waals surface area contributed by atoms with Gasteiger partial charge in [-0.05, 0) is 19.4 Å². The maximum absolute atomic E-state index is 11.7. The van der Waals surface area contributed by atoms with Crippen molar-refractivity contribution in [2.45, 2.75) is 32.7 Å². The molecule has 0 unspecified atom stereocenters. The number of nitrogens with zero attached hydrogens (tertiary/aromatic N) is 1. The molecule has 0 saturated carbocycles. The molecule has 1 aromatic heterocycles. The quantitative estimate of drug-likeness (QED) is 0.352.